The van der Waals surface area contributed by atoms with E-state index in [1.54, 1.807) is 0 Å². The minimum absolute atomic E-state index is 0.353. The number of benzene rings is 1. The van der Waals surface area contributed by atoms with E-state index >= 15 is 0 Å². The molecule has 0 spiro atoms. The molecule has 0 aliphatic carbocycles. The van der Waals surface area contributed by atoms with Crippen LogP contribution in [0, 0.1) is 0 Å². The fraction of sp³-hybridized carbons (Fsp3) is 0.467. The van der Waals surface area contributed by atoms with Gasteiger partial charge in [0.25, 0.3) is 5.89 Å². The van der Waals surface area contributed by atoms with Crippen LogP contribution in [0.4, 0.5) is 0 Å². The standard InChI is InChI=1S/C15H21N3O2/c1-3-9-19-10-13(16)14-17-15(20-18-14)12-7-5-11(4-2)6-8-12/h5-8,13H,3-4,9-10,16H2,1-2H3. The smallest absolute Gasteiger partial charge is 0.257 e. The van der Waals surface area contributed by atoms with E-state index in [1.165, 1.54) is 5.56 Å². The van der Waals surface area contributed by atoms with E-state index in [2.05, 4.69) is 36.1 Å². The van der Waals surface area contributed by atoms with E-state index in [0.717, 1.165) is 18.4 Å². The molecule has 0 amide bonds. The first-order valence-corrected chi connectivity index (χ1v) is 7.00. The Bertz CT molecular complexity index is 522. The lowest BCUT2D eigenvalue weighted by Gasteiger charge is -2.06. The summed E-state index contributed by atoms with van der Waals surface area (Å²) in [6.45, 7) is 5.27. The van der Waals surface area contributed by atoms with E-state index in [1.807, 2.05) is 12.1 Å². The molecule has 1 aromatic heterocycles. The molecule has 2 aromatic rings. The Kier molecular flexibility index (Phi) is 5.26. The molecule has 5 nitrogen and oxygen atoms in total. The van der Waals surface area contributed by atoms with E-state index in [-0.39, 0.29) is 6.04 Å². The van der Waals surface area contributed by atoms with Gasteiger partial charge < -0.3 is 15.0 Å². The molecule has 108 valence electrons. The van der Waals surface area contributed by atoms with Crippen molar-refractivity contribution in [2.24, 2.45) is 5.73 Å². The lowest BCUT2D eigenvalue weighted by atomic mass is 10.1. The lowest BCUT2D eigenvalue weighted by Crippen LogP contribution is -2.18. The van der Waals surface area contributed by atoms with E-state index in [4.69, 9.17) is 15.0 Å². The quantitative estimate of drug-likeness (QED) is 0.786. The third-order valence-electron chi connectivity index (χ3n) is 3.03. The summed E-state index contributed by atoms with van der Waals surface area (Å²) in [4.78, 5) is 4.33. The maximum absolute atomic E-state index is 5.96. The van der Waals surface area contributed by atoms with E-state index in [0.29, 0.717) is 24.9 Å². The van der Waals surface area contributed by atoms with Crippen molar-refractivity contribution < 1.29 is 9.26 Å². The maximum Gasteiger partial charge on any atom is 0.257 e. The van der Waals surface area contributed by atoms with E-state index < -0.39 is 0 Å². The zero-order valence-electron chi connectivity index (χ0n) is 12.0. The van der Waals surface area contributed by atoms with Crippen LogP contribution in [0.3, 0.4) is 0 Å². The summed E-state index contributed by atoms with van der Waals surface area (Å²) in [5.41, 5.74) is 8.14. The molecule has 5 heteroatoms. The normalized spacial score (nSPS) is 12.6. The Balaban J connectivity index is 2.03. The summed E-state index contributed by atoms with van der Waals surface area (Å²) >= 11 is 0. The van der Waals surface area contributed by atoms with Crippen molar-refractivity contribution in [2.75, 3.05) is 13.2 Å². The SMILES string of the molecule is CCCOCC(N)c1noc(-c2ccc(CC)cc2)n1. The van der Waals surface area contributed by atoms with Gasteiger partial charge in [0.1, 0.15) is 0 Å². The van der Waals surface area contributed by atoms with Crippen molar-refractivity contribution >= 4 is 0 Å². The second kappa shape index (κ2) is 7.17. The highest BCUT2D eigenvalue weighted by Gasteiger charge is 2.15. The van der Waals surface area contributed by atoms with Gasteiger partial charge in [0.2, 0.25) is 0 Å². The van der Waals surface area contributed by atoms with Gasteiger partial charge in [0.05, 0.1) is 12.6 Å². The van der Waals surface area contributed by atoms with Crippen molar-refractivity contribution in [3.05, 3.63) is 35.7 Å². The molecule has 1 aromatic carbocycles. The first-order chi connectivity index (χ1) is 9.74. The number of rotatable bonds is 7. The van der Waals surface area contributed by atoms with Gasteiger partial charge in [-0.15, -0.1) is 0 Å². The summed E-state index contributed by atoms with van der Waals surface area (Å²) in [6.07, 6.45) is 1.98. The predicted molar refractivity (Wildman–Crippen MR) is 77.2 cm³/mol. The number of nitrogens with zero attached hydrogens (tertiary/aromatic N) is 2. The summed E-state index contributed by atoms with van der Waals surface area (Å²) in [5, 5.41) is 3.92. The van der Waals surface area contributed by atoms with Crippen LogP contribution in [-0.2, 0) is 11.2 Å². The number of nitrogens with two attached hydrogens (primary N) is 1. The van der Waals surface area contributed by atoms with Crippen LogP contribution in [0.5, 0.6) is 0 Å². The van der Waals surface area contributed by atoms with Gasteiger partial charge in [0, 0.05) is 12.2 Å². The monoisotopic (exact) mass is 275 g/mol. The van der Waals surface area contributed by atoms with Crippen LogP contribution in [0.2, 0.25) is 0 Å². The van der Waals surface area contributed by atoms with Gasteiger partial charge in [-0.1, -0.05) is 31.1 Å². The molecule has 0 saturated heterocycles. The Morgan fingerprint density at radius 3 is 2.65 bits per heavy atom. The fourth-order valence-electron chi connectivity index (χ4n) is 1.81. The van der Waals surface area contributed by atoms with Crippen molar-refractivity contribution in [3.8, 4) is 11.5 Å². The summed E-state index contributed by atoms with van der Waals surface area (Å²) in [6, 6.07) is 7.73. The fourth-order valence-corrected chi connectivity index (χ4v) is 1.81. The number of hydrogen-bond acceptors (Lipinski definition) is 5. The molecule has 2 N–H and O–H groups in total. The summed E-state index contributed by atoms with van der Waals surface area (Å²) in [5.74, 6) is 0.976. The second-order valence-electron chi connectivity index (χ2n) is 4.69. The van der Waals surface area contributed by atoms with Gasteiger partial charge in [-0.3, -0.25) is 0 Å². The van der Waals surface area contributed by atoms with Gasteiger partial charge >= 0.3 is 0 Å². The molecule has 0 saturated carbocycles. The van der Waals surface area contributed by atoms with Crippen LogP contribution < -0.4 is 5.73 Å². The van der Waals surface area contributed by atoms with E-state index in [9.17, 15) is 0 Å². The van der Waals surface area contributed by atoms with Crippen molar-refractivity contribution in [2.45, 2.75) is 32.7 Å². The average molecular weight is 275 g/mol. The molecular formula is C15H21N3O2. The van der Waals surface area contributed by atoms with Gasteiger partial charge in [-0.05, 0) is 30.5 Å². The Labute approximate surface area is 119 Å². The molecule has 0 aliphatic rings. The first kappa shape index (κ1) is 14.7. The molecule has 0 aliphatic heterocycles. The van der Waals surface area contributed by atoms with Crippen molar-refractivity contribution in [1.82, 2.24) is 10.1 Å². The van der Waals surface area contributed by atoms with Crippen LogP contribution in [0.25, 0.3) is 11.5 Å². The average Bonchev–Trinajstić information content (AvgIpc) is 2.97. The molecule has 0 fully saturated rings. The largest absolute Gasteiger partial charge is 0.379 e. The Hall–Kier alpha value is -1.72. The van der Waals surface area contributed by atoms with Crippen molar-refractivity contribution in [3.63, 3.8) is 0 Å². The Morgan fingerprint density at radius 1 is 1.25 bits per heavy atom. The summed E-state index contributed by atoms with van der Waals surface area (Å²) in [7, 11) is 0. The highest BCUT2D eigenvalue weighted by atomic mass is 16.5. The zero-order valence-corrected chi connectivity index (χ0v) is 12.0. The third kappa shape index (κ3) is 3.65. The van der Waals surface area contributed by atoms with Gasteiger partial charge in [-0.25, -0.2) is 0 Å². The molecule has 2 rings (SSSR count). The summed E-state index contributed by atoms with van der Waals surface area (Å²) < 4.78 is 10.7. The van der Waals surface area contributed by atoms with Crippen LogP contribution in [0.15, 0.2) is 28.8 Å². The van der Waals surface area contributed by atoms with Crippen LogP contribution in [0.1, 0.15) is 37.7 Å². The number of aromatic nitrogens is 2. The van der Waals surface area contributed by atoms with Crippen LogP contribution >= 0.6 is 0 Å². The number of aryl methyl sites for hydroxylation is 1. The molecule has 1 heterocycles. The molecule has 1 unspecified atom stereocenters. The number of ether oxygens (including phenoxy) is 1. The minimum Gasteiger partial charge on any atom is -0.379 e. The first-order valence-electron chi connectivity index (χ1n) is 7.00. The molecule has 0 radical (unpaired) electrons. The maximum atomic E-state index is 5.96. The lowest BCUT2D eigenvalue weighted by molar-refractivity contribution is 0.119. The zero-order chi connectivity index (χ0) is 14.4. The molecule has 1 atom stereocenters. The van der Waals surface area contributed by atoms with Gasteiger partial charge in [-0.2, -0.15) is 4.98 Å². The number of hydrogen-bond donors (Lipinski definition) is 1. The van der Waals surface area contributed by atoms with Crippen molar-refractivity contribution in [1.29, 1.82) is 0 Å². The second-order valence-corrected chi connectivity index (χ2v) is 4.69. The highest BCUT2D eigenvalue weighted by Crippen LogP contribution is 2.19. The molecule has 20 heavy (non-hydrogen) atoms. The van der Waals surface area contributed by atoms with Crippen LogP contribution in [-0.4, -0.2) is 23.4 Å². The molecule has 0 bridgehead atoms. The van der Waals surface area contributed by atoms with Gasteiger partial charge in [0.15, 0.2) is 5.82 Å². The molecular weight excluding hydrogens is 254 g/mol. The topological polar surface area (TPSA) is 74.2 Å². The Morgan fingerprint density at radius 2 is 2.00 bits per heavy atom. The predicted octanol–water partition coefficient (Wildman–Crippen LogP) is 2.73. The third-order valence-corrected chi connectivity index (χ3v) is 3.03. The minimum atomic E-state index is -0.353. The highest BCUT2D eigenvalue weighted by molar-refractivity contribution is 5.53.